The van der Waals surface area contributed by atoms with Gasteiger partial charge in [-0.1, -0.05) is 13.8 Å². The Morgan fingerprint density at radius 1 is 1.11 bits per heavy atom. The van der Waals surface area contributed by atoms with Crippen LogP contribution in [0.1, 0.15) is 46.0 Å². The summed E-state index contributed by atoms with van der Waals surface area (Å²) in [6.45, 7) is 8.55. The summed E-state index contributed by atoms with van der Waals surface area (Å²) in [5, 5.41) is 3.81. The fourth-order valence-corrected chi connectivity index (χ4v) is 5.73. The predicted octanol–water partition coefficient (Wildman–Crippen LogP) is 2.49. The largest absolute Gasteiger partial charge is 0.309 e. The van der Waals surface area contributed by atoms with Gasteiger partial charge in [-0.3, -0.25) is 4.90 Å². The van der Waals surface area contributed by atoms with E-state index >= 15 is 0 Å². The molecule has 4 atom stereocenters. The summed E-state index contributed by atoms with van der Waals surface area (Å²) in [4.78, 5) is 2.88. The third-order valence-corrected chi connectivity index (χ3v) is 6.87. The van der Waals surface area contributed by atoms with Gasteiger partial charge in [0.05, 0.1) is 0 Å². The van der Waals surface area contributed by atoms with Gasteiger partial charge in [0.2, 0.25) is 0 Å². The highest BCUT2D eigenvalue weighted by molar-refractivity contribution is 5.18. The van der Waals surface area contributed by atoms with E-state index in [1.165, 1.54) is 32.5 Å². The van der Waals surface area contributed by atoms with Crippen LogP contribution in [-0.2, 0) is 0 Å². The third-order valence-electron chi connectivity index (χ3n) is 6.87. The molecule has 18 heavy (non-hydrogen) atoms. The van der Waals surface area contributed by atoms with Crippen molar-refractivity contribution in [1.29, 1.82) is 0 Å². The van der Waals surface area contributed by atoms with Crippen molar-refractivity contribution in [3.05, 3.63) is 0 Å². The van der Waals surface area contributed by atoms with E-state index in [0.29, 0.717) is 5.54 Å². The first-order chi connectivity index (χ1) is 8.78. The predicted molar refractivity (Wildman–Crippen MR) is 74.5 cm³/mol. The lowest BCUT2D eigenvalue weighted by atomic mass is 9.89. The van der Waals surface area contributed by atoms with Crippen LogP contribution in [0.25, 0.3) is 0 Å². The second-order valence-corrected chi connectivity index (χ2v) is 7.36. The Morgan fingerprint density at radius 2 is 1.78 bits per heavy atom. The molecule has 3 saturated carbocycles. The molecule has 1 saturated heterocycles. The van der Waals surface area contributed by atoms with Gasteiger partial charge in [0.15, 0.2) is 0 Å². The molecule has 2 nitrogen and oxygen atoms in total. The molecular formula is C16H28N2. The summed E-state index contributed by atoms with van der Waals surface area (Å²) in [7, 11) is 0. The van der Waals surface area contributed by atoms with Gasteiger partial charge in [-0.15, -0.1) is 0 Å². The van der Waals surface area contributed by atoms with E-state index in [-0.39, 0.29) is 0 Å². The van der Waals surface area contributed by atoms with Crippen molar-refractivity contribution in [2.45, 2.75) is 57.5 Å². The summed E-state index contributed by atoms with van der Waals surface area (Å²) >= 11 is 0. The quantitative estimate of drug-likeness (QED) is 0.825. The van der Waals surface area contributed by atoms with Crippen molar-refractivity contribution in [2.24, 2.45) is 23.7 Å². The second-order valence-electron chi connectivity index (χ2n) is 7.36. The van der Waals surface area contributed by atoms with Gasteiger partial charge in [-0.2, -0.15) is 0 Å². The molecule has 0 aromatic rings. The summed E-state index contributed by atoms with van der Waals surface area (Å²) in [5.74, 6) is 4.48. The van der Waals surface area contributed by atoms with Crippen LogP contribution >= 0.6 is 0 Å². The van der Waals surface area contributed by atoms with Crippen LogP contribution in [0.3, 0.4) is 0 Å². The van der Waals surface area contributed by atoms with Crippen molar-refractivity contribution in [1.82, 2.24) is 10.2 Å². The lowest BCUT2D eigenvalue weighted by Crippen LogP contribution is -2.60. The highest BCUT2D eigenvalue weighted by atomic mass is 15.3. The maximum Gasteiger partial charge on any atom is 0.0304 e. The molecule has 0 aromatic carbocycles. The molecule has 4 rings (SSSR count). The number of hydrogen-bond acceptors (Lipinski definition) is 2. The van der Waals surface area contributed by atoms with Gasteiger partial charge >= 0.3 is 0 Å². The lowest BCUT2D eigenvalue weighted by Gasteiger charge is -2.44. The molecule has 1 heterocycles. The molecule has 4 aliphatic rings. The number of fused-ring (bicyclic) bond motifs is 5. The standard InChI is InChI=1S/C16H28N2/c1-3-16(4-2)10-18(8-7-17-16)15-13-11-5-6-12(9-11)14(13)15/h11-15,17H,3-10H2,1-2H3. The molecule has 3 aliphatic carbocycles. The van der Waals surface area contributed by atoms with Crippen molar-refractivity contribution in [2.75, 3.05) is 19.6 Å². The minimum Gasteiger partial charge on any atom is -0.309 e. The second kappa shape index (κ2) is 3.96. The molecule has 2 heteroatoms. The van der Waals surface area contributed by atoms with Crippen LogP contribution in [-0.4, -0.2) is 36.1 Å². The maximum absolute atomic E-state index is 3.81. The van der Waals surface area contributed by atoms with Gasteiger partial charge in [-0.25, -0.2) is 0 Å². The molecule has 0 radical (unpaired) electrons. The molecule has 1 aliphatic heterocycles. The van der Waals surface area contributed by atoms with Crippen molar-refractivity contribution in [3.63, 3.8) is 0 Å². The number of rotatable bonds is 3. The van der Waals surface area contributed by atoms with E-state index in [2.05, 4.69) is 24.1 Å². The average Bonchev–Trinajstić information content (AvgIpc) is 2.87. The molecule has 2 bridgehead atoms. The highest BCUT2D eigenvalue weighted by Gasteiger charge is 2.66. The summed E-state index contributed by atoms with van der Waals surface area (Å²) < 4.78 is 0. The Balaban J connectivity index is 1.47. The maximum atomic E-state index is 3.81. The van der Waals surface area contributed by atoms with Crippen LogP contribution in [0.5, 0.6) is 0 Å². The smallest absolute Gasteiger partial charge is 0.0304 e. The fourth-order valence-electron chi connectivity index (χ4n) is 5.73. The SMILES string of the molecule is CCC1(CC)CN(C2C3C4CCC(C4)C32)CCN1. The number of piperazine rings is 1. The first kappa shape index (κ1) is 11.7. The van der Waals surface area contributed by atoms with Gasteiger partial charge in [0.25, 0.3) is 0 Å². The number of nitrogens with zero attached hydrogens (tertiary/aromatic N) is 1. The van der Waals surface area contributed by atoms with E-state index in [1.54, 1.807) is 19.3 Å². The van der Waals surface area contributed by atoms with Gasteiger partial charge in [0, 0.05) is 31.2 Å². The van der Waals surface area contributed by atoms with E-state index in [4.69, 9.17) is 0 Å². The average molecular weight is 248 g/mol. The third kappa shape index (κ3) is 1.48. The van der Waals surface area contributed by atoms with Crippen molar-refractivity contribution in [3.8, 4) is 0 Å². The normalized spacial score (nSPS) is 49.3. The lowest BCUT2D eigenvalue weighted by molar-refractivity contribution is 0.101. The minimum absolute atomic E-state index is 0.425. The monoisotopic (exact) mass is 248 g/mol. The molecule has 0 spiro atoms. The van der Waals surface area contributed by atoms with E-state index in [0.717, 1.165) is 29.7 Å². The van der Waals surface area contributed by atoms with Crippen LogP contribution < -0.4 is 5.32 Å². The summed E-state index contributed by atoms with van der Waals surface area (Å²) in [5.41, 5.74) is 0.425. The topological polar surface area (TPSA) is 15.3 Å². The fraction of sp³-hybridized carbons (Fsp3) is 1.00. The Bertz CT molecular complexity index is 320. The van der Waals surface area contributed by atoms with Crippen LogP contribution in [0.2, 0.25) is 0 Å². The molecule has 4 unspecified atom stereocenters. The van der Waals surface area contributed by atoms with Crippen LogP contribution in [0.15, 0.2) is 0 Å². The molecule has 4 fully saturated rings. The Kier molecular flexibility index (Phi) is 2.58. The van der Waals surface area contributed by atoms with Gasteiger partial charge in [-0.05, 0) is 55.8 Å². The van der Waals surface area contributed by atoms with Crippen molar-refractivity contribution >= 4 is 0 Å². The number of hydrogen-bond donors (Lipinski definition) is 1. The molecular weight excluding hydrogens is 220 g/mol. The van der Waals surface area contributed by atoms with Crippen LogP contribution in [0.4, 0.5) is 0 Å². The zero-order chi connectivity index (χ0) is 12.3. The van der Waals surface area contributed by atoms with Crippen LogP contribution in [0, 0.1) is 23.7 Å². The summed E-state index contributed by atoms with van der Waals surface area (Å²) in [6.07, 6.45) is 7.27. The molecule has 0 aromatic heterocycles. The zero-order valence-corrected chi connectivity index (χ0v) is 12.0. The molecule has 102 valence electrons. The highest BCUT2D eigenvalue weighted by Crippen LogP contribution is 2.67. The van der Waals surface area contributed by atoms with E-state index < -0.39 is 0 Å². The van der Waals surface area contributed by atoms with Crippen molar-refractivity contribution < 1.29 is 0 Å². The zero-order valence-electron chi connectivity index (χ0n) is 12.0. The van der Waals surface area contributed by atoms with E-state index in [9.17, 15) is 0 Å². The molecule has 0 amide bonds. The Morgan fingerprint density at radius 3 is 2.39 bits per heavy atom. The molecule has 1 N–H and O–H groups in total. The Labute approximate surface area is 111 Å². The summed E-state index contributed by atoms with van der Waals surface area (Å²) in [6, 6.07) is 0.996. The Hall–Kier alpha value is -0.0800. The van der Waals surface area contributed by atoms with Gasteiger partial charge < -0.3 is 5.32 Å². The minimum atomic E-state index is 0.425. The first-order valence-electron chi connectivity index (χ1n) is 8.27. The van der Waals surface area contributed by atoms with E-state index in [1.807, 2.05) is 0 Å². The number of nitrogens with one attached hydrogen (secondary N) is 1. The van der Waals surface area contributed by atoms with Gasteiger partial charge in [0.1, 0.15) is 0 Å². The first-order valence-corrected chi connectivity index (χ1v) is 8.27.